The highest BCUT2D eigenvalue weighted by molar-refractivity contribution is 9.10. The molecule has 0 spiro atoms. The summed E-state index contributed by atoms with van der Waals surface area (Å²) in [5, 5.41) is 16.5. The lowest BCUT2D eigenvalue weighted by molar-refractivity contribution is -0.118. The van der Waals surface area contributed by atoms with Gasteiger partial charge in [-0.2, -0.15) is 0 Å². The molecule has 7 nitrogen and oxygen atoms in total. The second kappa shape index (κ2) is 9.71. The van der Waals surface area contributed by atoms with Crippen LogP contribution in [0.2, 0.25) is 0 Å². The lowest BCUT2D eigenvalue weighted by Gasteiger charge is -2.25. The molecular weight excluding hydrogens is 457 g/mol. The van der Waals surface area contributed by atoms with Crippen molar-refractivity contribution in [1.29, 1.82) is 0 Å². The van der Waals surface area contributed by atoms with Crippen molar-refractivity contribution in [2.24, 2.45) is 5.41 Å². The predicted molar refractivity (Wildman–Crippen MR) is 116 cm³/mol. The maximum atomic E-state index is 14.1. The van der Waals surface area contributed by atoms with E-state index in [2.05, 4.69) is 31.9 Å². The van der Waals surface area contributed by atoms with Gasteiger partial charge in [-0.15, -0.1) is 0 Å². The van der Waals surface area contributed by atoms with E-state index in [4.69, 9.17) is 5.11 Å². The van der Waals surface area contributed by atoms with Crippen LogP contribution >= 0.6 is 15.9 Å². The number of nitrogens with one attached hydrogen (secondary N) is 3. The van der Waals surface area contributed by atoms with Gasteiger partial charge in [-0.05, 0) is 52.0 Å². The number of benzene rings is 2. The zero-order valence-electron chi connectivity index (χ0n) is 16.8. The van der Waals surface area contributed by atoms with Gasteiger partial charge < -0.3 is 21.1 Å². The van der Waals surface area contributed by atoms with E-state index < -0.39 is 29.8 Å². The lowest BCUT2D eigenvalue weighted by atomic mass is 9.87. The topological polar surface area (TPSA) is 108 Å². The molecule has 3 amide bonds. The molecule has 0 unspecified atom stereocenters. The Hall–Kier alpha value is -2.94. The fourth-order valence-electron chi connectivity index (χ4n) is 2.78. The third-order valence-electron chi connectivity index (χ3n) is 4.04. The van der Waals surface area contributed by atoms with Crippen molar-refractivity contribution in [3.63, 3.8) is 0 Å². The average Bonchev–Trinajstić information content (AvgIpc) is 2.63. The molecule has 1 atom stereocenters. The van der Waals surface area contributed by atoms with Crippen LogP contribution in [0.3, 0.4) is 0 Å². The molecule has 0 saturated heterocycles. The van der Waals surface area contributed by atoms with Gasteiger partial charge >= 0.3 is 6.09 Å². The van der Waals surface area contributed by atoms with Crippen LogP contribution in [0.4, 0.5) is 20.6 Å². The first-order valence-corrected chi connectivity index (χ1v) is 9.92. The highest BCUT2D eigenvalue weighted by Crippen LogP contribution is 2.29. The number of anilines is 2. The summed E-state index contributed by atoms with van der Waals surface area (Å²) < 4.78 is 14.0. The minimum atomic E-state index is -1.35. The second-order valence-corrected chi connectivity index (χ2v) is 8.65. The van der Waals surface area contributed by atoms with Crippen LogP contribution in [0.25, 0.3) is 0 Å². The zero-order valence-corrected chi connectivity index (χ0v) is 18.3. The Morgan fingerprint density at radius 3 is 2.27 bits per heavy atom. The molecule has 9 heteroatoms. The van der Waals surface area contributed by atoms with Gasteiger partial charge in [0, 0.05) is 5.69 Å². The molecule has 0 aliphatic carbocycles. The van der Waals surface area contributed by atoms with Crippen molar-refractivity contribution >= 4 is 45.2 Å². The zero-order chi connectivity index (χ0) is 22.5. The number of halogens is 2. The van der Waals surface area contributed by atoms with Gasteiger partial charge in [-0.1, -0.05) is 39.0 Å². The van der Waals surface area contributed by atoms with Crippen LogP contribution in [0.5, 0.6) is 0 Å². The standard InChI is InChI=1S/C21H23BrFN3O4/c1-21(2,3)11-15(26-20(29)30)18(27)25-14-10-9-13(23)17(22)16(14)19(28)24-12-7-5-4-6-8-12/h4-10,15,26H,11H2,1-3H3,(H,24,28)(H,25,27)(H,29,30)/t15-/m0/s1. The molecule has 0 aromatic heterocycles. The van der Waals surface area contributed by atoms with Gasteiger partial charge in [0.15, 0.2) is 0 Å². The first-order chi connectivity index (χ1) is 14.0. The smallest absolute Gasteiger partial charge is 0.405 e. The summed E-state index contributed by atoms with van der Waals surface area (Å²) in [7, 11) is 0. The molecule has 0 aliphatic heterocycles. The summed E-state index contributed by atoms with van der Waals surface area (Å²) >= 11 is 3.06. The normalized spacial score (nSPS) is 12.0. The monoisotopic (exact) mass is 479 g/mol. The van der Waals surface area contributed by atoms with E-state index in [1.165, 1.54) is 6.07 Å². The van der Waals surface area contributed by atoms with E-state index in [0.717, 1.165) is 6.07 Å². The SMILES string of the molecule is CC(C)(C)C[C@H](NC(=O)O)C(=O)Nc1ccc(F)c(Br)c1C(=O)Nc1ccccc1. The first kappa shape index (κ1) is 23.3. The van der Waals surface area contributed by atoms with E-state index in [9.17, 15) is 18.8 Å². The molecule has 0 bridgehead atoms. The summed E-state index contributed by atoms with van der Waals surface area (Å²) in [6.07, 6.45) is -1.12. The van der Waals surface area contributed by atoms with E-state index in [0.29, 0.717) is 5.69 Å². The molecule has 30 heavy (non-hydrogen) atoms. The Bertz CT molecular complexity index is 945. The molecule has 0 saturated carbocycles. The predicted octanol–water partition coefficient (Wildman–Crippen LogP) is 4.85. The summed E-state index contributed by atoms with van der Waals surface area (Å²) in [6, 6.07) is 9.87. The largest absolute Gasteiger partial charge is 0.465 e. The van der Waals surface area contributed by atoms with Crippen molar-refractivity contribution in [3.8, 4) is 0 Å². The number of carboxylic acid groups (broad SMARTS) is 1. The summed E-state index contributed by atoms with van der Waals surface area (Å²) in [5.74, 6) is -1.97. The van der Waals surface area contributed by atoms with Crippen LogP contribution in [0.1, 0.15) is 37.6 Å². The van der Waals surface area contributed by atoms with Gasteiger partial charge in [0.05, 0.1) is 15.7 Å². The minimum Gasteiger partial charge on any atom is -0.465 e. The maximum Gasteiger partial charge on any atom is 0.405 e. The summed E-state index contributed by atoms with van der Waals surface area (Å²) in [5.41, 5.74) is 0.0837. The van der Waals surface area contributed by atoms with Gasteiger partial charge in [0.2, 0.25) is 5.91 Å². The number of carbonyl (C=O) groups excluding carboxylic acids is 2. The molecule has 2 aromatic rings. The van der Waals surface area contributed by atoms with Gasteiger partial charge in [-0.25, -0.2) is 9.18 Å². The van der Waals surface area contributed by atoms with Crippen molar-refractivity contribution in [2.75, 3.05) is 10.6 Å². The Morgan fingerprint density at radius 2 is 1.70 bits per heavy atom. The van der Waals surface area contributed by atoms with Crippen LogP contribution in [-0.4, -0.2) is 29.1 Å². The Morgan fingerprint density at radius 1 is 1.07 bits per heavy atom. The number of hydrogen-bond acceptors (Lipinski definition) is 3. The molecule has 0 fully saturated rings. The Balaban J connectivity index is 2.34. The summed E-state index contributed by atoms with van der Waals surface area (Å²) in [4.78, 5) is 36.7. The average molecular weight is 480 g/mol. The van der Waals surface area contributed by atoms with Crippen LogP contribution in [0.15, 0.2) is 46.9 Å². The molecule has 160 valence electrons. The Kier molecular flexibility index (Phi) is 7.55. The third kappa shape index (κ3) is 6.55. The highest BCUT2D eigenvalue weighted by Gasteiger charge is 2.28. The van der Waals surface area contributed by atoms with E-state index in [1.54, 1.807) is 30.3 Å². The van der Waals surface area contributed by atoms with E-state index in [-0.39, 0.29) is 27.6 Å². The molecule has 0 heterocycles. The molecule has 4 N–H and O–H groups in total. The van der Waals surface area contributed by atoms with Crippen molar-refractivity contribution in [3.05, 3.63) is 58.3 Å². The van der Waals surface area contributed by atoms with Crippen LogP contribution < -0.4 is 16.0 Å². The maximum absolute atomic E-state index is 14.1. The number of hydrogen-bond donors (Lipinski definition) is 4. The molecule has 0 radical (unpaired) electrons. The molecule has 2 aromatic carbocycles. The number of carbonyl (C=O) groups is 3. The van der Waals surface area contributed by atoms with Crippen LogP contribution in [-0.2, 0) is 4.79 Å². The fraction of sp³-hybridized carbons (Fsp3) is 0.286. The number of amides is 3. The third-order valence-corrected chi connectivity index (χ3v) is 4.82. The highest BCUT2D eigenvalue weighted by atomic mass is 79.9. The van der Waals surface area contributed by atoms with Gasteiger partial charge in [-0.3, -0.25) is 9.59 Å². The summed E-state index contributed by atoms with van der Waals surface area (Å²) in [6.45, 7) is 5.60. The number of para-hydroxylation sites is 1. The lowest BCUT2D eigenvalue weighted by Crippen LogP contribution is -2.45. The molecule has 2 rings (SSSR count). The Labute approximate surface area is 182 Å². The van der Waals surface area contributed by atoms with Crippen molar-refractivity contribution in [1.82, 2.24) is 5.32 Å². The van der Waals surface area contributed by atoms with E-state index >= 15 is 0 Å². The van der Waals surface area contributed by atoms with Gasteiger partial charge in [0.25, 0.3) is 5.91 Å². The van der Waals surface area contributed by atoms with Crippen molar-refractivity contribution in [2.45, 2.75) is 33.2 Å². The van der Waals surface area contributed by atoms with E-state index in [1.807, 2.05) is 20.8 Å². The second-order valence-electron chi connectivity index (χ2n) is 7.86. The fourth-order valence-corrected chi connectivity index (χ4v) is 3.31. The van der Waals surface area contributed by atoms with Gasteiger partial charge in [0.1, 0.15) is 11.9 Å². The quantitative estimate of drug-likeness (QED) is 0.474. The van der Waals surface area contributed by atoms with Crippen LogP contribution in [0, 0.1) is 11.2 Å². The minimum absolute atomic E-state index is 0.0489. The molecule has 0 aliphatic rings. The first-order valence-electron chi connectivity index (χ1n) is 9.12. The molecular formula is C21H23BrFN3O4. The van der Waals surface area contributed by atoms with Crippen molar-refractivity contribution < 1.29 is 23.9 Å². The number of rotatable bonds is 6.